The predicted molar refractivity (Wildman–Crippen MR) is 101 cm³/mol. The quantitative estimate of drug-likeness (QED) is 0.332. The lowest BCUT2D eigenvalue weighted by atomic mass is 10.2. The number of ether oxygens (including phenoxy) is 2. The van der Waals surface area contributed by atoms with Crippen molar-refractivity contribution in [3.05, 3.63) is 75.5 Å². The molecule has 2 aromatic carbocycles. The van der Waals surface area contributed by atoms with Crippen LogP contribution in [0.3, 0.4) is 0 Å². The van der Waals surface area contributed by atoms with Gasteiger partial charge in [-0.1, -0.05) is 19.1 Å². The molecule has 0 saturated carbocycles. The summed E-state index contributed by atoms with van der Waals surface area (Å²) in [6, 6.07) is 13.0. The largest absolute Gasteiger partial charge is 0.491 e. The fraction of sp³-hybridized carbons (Fsp3) is 0.200. The average Bonchev–Trinajstić information content (AvgIpc) is 3.03. The molecule has 7 heteroatoms. The highest BCUT2D eigenvalue weighted by molar-refractivity contribution is 6.12. The topological polar surface area (TPSA) is 91.0 Å². The molecule has 0 aliphatic carbocycles. The maximum Gasteiger partial charge on any atom is 0.363 e. The number of carbonyl (C=O) groups excluding carboxylic acids is 1. The molecule has 1 aliphatic heterocycles. The predicted octanol–water partition coefficient (Wildman–Crippen LogP) is 4.12. The minimum Gasteiger partial charge on any atom is -0.491 e. The number of aliphatic imine (C=N–C) groups is 1. The van der Waals surface area contributed by atoms with E-state index in [4.69, 9.17) is 9.47 Å². The van der Waals surface area contributed by atoms with E-state index in [9.17, 15) is 14.9 Å². The molecule has 0 N–H and O–H groups in total. The van der Waals surface area contributed by atoms with Gasteiger partial charge in [-0.15, -0.1) is 0 Å². The van der Waals surface area contributed by atoms with E-state index in [-0.39, 0.29) is 23.4 Å². The highest BCUT2D eigenvalue weighted by Gasteiger charge is 2.24. The van der Waals surface area contributed by atoms with Crippen LogP contribution in [0.1, 0.15) is 31.4 Å². The Kier molecular flexibility index (Phi) is 5.30. The number of nitrogens with zero attached hydrogens (tertiary/aromatic N) is 2. The molecule has 0 saturated heterocycles. The van der Waals surface area contributed by atoms with Gasteiger partial charge in [0.25, 0.3) is 5.69 Å². The normalized spacial score (nSPS) is 16.0. The summed E-state index contributed by atoms with van der Waals surface area (Å²) in [4.78, 5) is 26.5. The van der Waals surface area contributed by atoms with Crippen LogP contribution in [-0.4, -0.2) is 22.9 Å². The van der Waals surface area contributed by atoms with Crippen molar-refractivity contribution in [2.75, 3.05) is 0 Å². The number of cyclic esters (lactones) is 1. The van der Waals surface area contributed by atoms with Crippen molar-refractivity contribution in [3.63, 3.8) is 0 Å². The first-order chi connectivity index (χ1) is 13.0. The molecule has 138 valence electrons. The number of nitro groups is 1. The highest BCUT2D eigenvalue weighted by atomic mass is 16.6. The average molecular weight is 366 g/mol. The van der Waals surface area contributed by atoms with Gasteiger partial charge < -0.3 is 9.47 Å². The Morgan fingerprint density at radius 3 is 2.44 bits per heavy atom. The molecule has 2 aromatic rings. The second-order valence-electron chi connectivity index (χ2n) is 6.05. The Labute approximate surface area is 156 Å². The number of nitro benzene ring substituents is 1. The maximum atomic E-state index is 12.1. The number of esters is 1. The second-order valence-corrected chi connectivity index (χ2v) is 6.05. The van der Waals surface area contributed by atoms with E-state index in [2.05, 4.69) is 11.9 Å². The van der Waals surface area contributed by atoms with E-state index in [0.717, 1.165) is 17.7 Å². The highest BCUT2D eigenvalue weighted by Crippen LogP contribution is 2.22. The van der Waals surface area contributed by atoms with Gasteiger partial charge >= 0.3 is 5.97 Å². The van der Waals surface area contributed by atoms with Crippen LogP contribution >= 0.6 is 0 Å². The maximum absolute atomic E-state index is 12.1. The third-order valence-electron chi connectivity index (χ3n) is 4.04. The summed E-state index contributed by atoms with van der Waals surface area (Å²) in [6.07, 6.45) is 2.67. The first kappa shape index (κ1) is 18.3. The Morgan fingerprint density at radius 1 is 1.19 bits per heavy atom. The van der Waals surface area contributed by atoms with Crippen LogP contribution in [0.15, 0.2) is 59.2 Å². The molecule has 0 spiro atoms. The second kappa shape index (κ2) is 7.82. The molecule has 0 amide bonds. The lowest BCUT2D eigenvalue weighted by Gasteiger charge is -2.12. The monoisotopic (exact) mass is 366 g/mol. The van der Waals surface area contributed by atoms with Crippen LogP contribution in [0.2, 0.25) is 0 Å². The van der Waals surface area contributed by atoms with Crippen LogP contribution in [0.25, 0.3) is 6.08 Å². The van der Waals surface area contributed by atoms with E-state index < -0.39 is 10.9 Å². The van der Waals surface area contributed by atoms with Gasteiger partial charge in [-0.05, 0) is 49.2 Å². The zero-order valence-electron chi connectivity index (χ0n) is 14.9. The minimum atomic E-state index is -0.566. The molecule has 1 atom stereocenters. The Bertz CT molecular complexity index is 914. The summed E-state index contributed by atoms with van der Waals surface area (Å²) >= 11 is 0. The smallest absolute Gasteiger partial charge is 0.363 e. The first-order valence-electron chi connectivity index (χ1n) is 8.50. The van der Waals surface area contributed by atoms with Crippen molar-refractivity contribution < 1.29 is 19.2 Å². The van der Waals surface area contributed by atoms with Crippen LogP contribution in [0.4, 0.5) is 5.69 Å². The zero-order valence-corrected chi connectivity index (χ0v) is 14.9. The zero-order chi connectivity index (χ0) is 19.4. The van der Waals surface area contributed by atoms with Crippen molar-refractivity contribution in [1.82, 2.24) is 0 Å². The number of carbonyl (C=O) groups is 1. The summed E-state index contributed by atoms with van der Waals surface area (Å²) in [5.41, 5.74) is 1.40. The molecule has 0 aromatic heterocycles. The number of rotatable bonds is 6. The summed E-state index contributed by atoms with van der Waals surface area (Å²) < 4.78 is 10.9. The van der Waals surface area contributed by atoms with Gasteiger partial charge in [0.15, 0.2) is 5.70 Å². The third-order valence-corrected chi connectivity index (χ3v) is 4.04. The van der Waals surface area contributed by atoms with Gasteiger partial charge in [0.2, 0.25) is 5.90 Å². The van der Waals surface area contributed by atoms with Gasteiger partial charge in [-0.2, -0.15) is 0 Å². The lowest BCUT2D eigenvalue weighted by Crippen LogP contribution is -2.09. The summed E-state index contributed by atoms with van der Waals surface area (Å²) in [5.74, 6) is 0.316. The van der Waals surface area contributed by atoms with Crippen molar-refractivity contribution in [1.29, 1.82) is 0 Å². The molecule has 1 heterocycles. The lowest BCUT2D eigenvalue weighted by molar-refractivity contribution is -0.384. The number of non-ortho nitro benzene ring substituents is 1. The number of benzene rings is 2. The summed E-state index contributed by atoms with van der Waals surface area (Å²) in [6.45, 7) is 4.05. The molecule has 0 radical (unpaired) electrons. The number of hydrogen-bond acceptors (Lipinski definition) is 6. The van der Waals surface area contributed by atoms with Gasteiger partial charge in [0.05, 0.1) is 11.0 Å². The standard InChI is InChI=1S/C20H18N2O5/c1-3-13(2)26-17-10-4-14(5-11-17)12-18-20(23)27-19(21-18)15-6-8-16(9-7-15)22(24)25/h4-13H,3H2,1-2H3/b18-12-. The number of hydrogen-bond donors (Lipinski definition) is 0. The van der Waals surface area contributed by atoms with Gasteiger partial charge in [0.1, 0.15) is 5.75 Å². The van der Waals surface area contributed by atoms with E-state index in [0.29, 0.717) is 5.56 Å². The summed E-state index contributed by atoms with van der Waals surface area (Å²) in [5, 5.41) is 10.7. The Morgan fingerprint density at radius 2 is 1.85 bits per heavy atom. The molecule has 1 unspecified atom stereocenters. The van der Waals surface area contributed by atoms with Crippen molar-refractivity contribution in [2.45, 2.75) is 26.4 Å². The van der Waals surface area contributed by atoms with E-state index >= 15 is 0 Å². The van der Waals surface area contributed by atoms with Crippen LogP contribution in [-0.2, 0) is 9.53 Å². The molecule has 1 aliphatic rings. The summed E-state index contributed by atoms with van der Waals surface area (Å²) in [7, 11) is 0. The van der Waals surface area contributed by atoms with Gasteiger partial charge in [0, 0.05) is 17.7 Å². The molecular weight excluding hydrogens is 348 g/mol. The van der Waals surface area contributed by atoms with E-state index in [1.807, 2.05) is 31.2 Å². The van der Waals surface area contributed by atoms with Crippen LogP contribution in [0.5, 0.6) is 5.75 Å². The van der Waals surface area contributed by atoms with Gasteiger partial charge in [-0.25, -0.2) is 9.79 Å². The third kappa shape index (κ3) is 4.38. The van der Waals surface area contributed by atoms with E-state index in [1.54, 1.807) is 6.08 Å². The molecule has 0 bridgehead atoms. The molecular formula is C20H18N2O5. The van der Waals surface area contributed by atoms with Crippen molar-refractivity contribution in [2.24, 2.45) is 4.99 Å². The Hall–Kier alpha value is -3.48. The van der Waals surface area contributed by atoms with Crippen LogP contribution in [0, 0.1) is 10.1 Å². The fourth-order valence-corrected chi connectivity index (χ4v) is 2.37. The SMILES string of the molecule is CCC(C)Oc1ccc(/C=C2\N=C(c3ccc([N+](=O)[O-])cc3)OC2=O)cc1. The van der Waals surface area contributed by atoms with E-state index in [1.165, 1.54) is 24.3 Å². The van der Waals surface area contributed by atoms with Crippen LogP contribution < -0.4 is 4.74 Å². The Balaban J connectivity index is 1.78. The fourth-order valence-electron chi connectivity index (χ4n) is 2.37. The molecule has 7 nitrogen and oxygen atoms in total. The first-order valence-corrected chi connectivity index (χ1v) is 8.50. The molecule has 3 rings (SSSR count). The minimum absolute atomic E-state index is 0.0425. The van der Waals surface area contributed by atoms with Crippen molar-refractivity contribution in [3.8, 4) is 5.75 Å². The molecule has 27 heavy (non-hydrogen) atoms. The van der Waals surface area contributed by atoms with Gasteiger partial charge in [-0.3, -0.25) is 10.1 Å². The molecule has 0 fully saturated rings. The van der Waals surface area contributed by atoms with Crippen molar-refractivity contribution >= 4 is 23.6 Å².